The van der Waals surface area contributed by atoms with Crippen LogP contribution in [0.5, 0.6) is 0 Å². The molecule has 0 aromatic heterocycles. The van der Waals surface area contributed by atoms with Crippen molar-refractivity contribution in [1.29, 1.82) is 0 Å². The molecule has 6 unspecified atom stereocenters. The fourth-order valence-corrected chi connectivity index (χ4v) is 4.84. The van der Waals surface area contributed by atoms with Gasteiger partial charge in [-0.1, -0.05) is 40.5 Å². The van der Waals surface area contributed by atoms with Crippen molar-refractivity contribution >= 4 is 23.6 Å². The molecule has 168 valence electrons. The van der Waals surface area contributed by atoms with Gasteiger partial charge in [0.25, 0.3) is 0 Å². The first kappa shape index (κ1) is 22.6. The monoisotopic (exact) mass is 420 g/mol. The molecule has 3 fully saturated rings. The van der Waals surface area contributed by atoms with Crippen molar-refractivity contribution in [3.8, 4) is 0 Å². The van der Waals surface area contributed by atoms with Gasteiger partial charge in [0.1, 0.15) is 24.2 Å². The maximum absolute atomic E-state index is 13.5. The molecule has 4 amide bonds. The molecule has 0 saturated carbocycles. The quantitative estimate of drug-likeness (QED) is 0.710. The van der Waals surface area contributed by atoms with E-state index in [4.69, 9.17) is 0 Å². The molecular weight excluding hydrogens is 384 g/mol. The minimum atomic E-state index is -0.729. The van der Waals surface area contributed by atoms with Crippen LogP contribution in [0.4, 0.5) is 0 Å². The van der Waals surface area contributed by atoms with Crippen LogP contribution < -0.4 is 10.6 Å². The SMILES string of the molecule is CCC(C)C1NC(=O)C2CCCN2C(=O)C2CCCN2C(=O)C(C(C)CC)NC1=O. The van der Waals surface area contributed by atoms with E-state index >= 15 is 0 Å². The first-order valence-electron chi connectivity index (χ1n) is 11.5. The van der Waals surface area contributed by atoms with E-state index in [0.717, 1.165) is 19.3 Å². The van der Waals surface area contributed by atoms with Gasteiger partial charge in [-0.25, -0.2) is 0 Å². The predicted molar refractivity (Wildman–Crippen MR) is 112 cm³/mol. The highest BCUT2D eigenvalue weighted by atomic mass is 16.2. The van der Waals surface area contributed by atoms with Gasteiger partial charge in [-0.2, -0.15) is 0 Å². The van der Waals surface area contributed by atoms with Gasteiger partial charge >= 0.3 is 0 Å². The van der Waals surface area contributed by atoms with E-state index in [0.29, 0.717) is 32.4 Å². The second-order valence-electron chi connectivity index (χ2n) is 9.12. The fourth-order valence-electron chi connectivity index (χ4n) is 4.84. The molecule has 0 aromatic rings. The van der Waals surface area contributed by atoms with Gasteiger partial charge in [0.05, 0.1) is 0 Å². The van der Waals surface area contributed by atoms with Crippen molar-refractivity contribution < 1.29 is 19.2 Å². The Bertz CT molecular complexity index is 697. The van der Waals surface area contributed by atoms with Crippen LogP contribution >= 0.6 is 0 Å². The number of amides is 4. The number of hydrogen-bond acceptors (Lipinski definition) is 4. The van der Waals surface area contributed by atoms with E-state index in [-0.39, 0.29) is 35.5 Å². The van der Waals surface area contributed by atoms with Gasteiger partial charge in [0, 0.05) is 13.1 Å². The highest BCUT2D eigenvalue weighted by molar-refractivity contribution is 5.98. The molecule has 3 saturated heterocycles. The summed E-state index contributed by atoms with van der Waals surface area (Å²) in [6, 6.07) is -2.54. The van der Waals surface area contributed by atoms with Gasteiger partial charge in [-0.15, -0.1) is 0 Å². The van der Waals surface area contributed by atoms with Crippen LogP contribution in [-0.4, -0.2) is 70.7 Å². The Morgan fingerprint density at radius 2 is 1.27 bits per heavy atom. The van der Waals surface area contributed by atoms with E-state index in [2.05, 4.69) is 10.6 Å². The molecular formula is C22H36N4O4. The van der Waals surface area contributed by atoms with Crippen LogP contribution in [0.15, 0.2) is 0 Å². The van der Waals surface area contributed by atoms with Crippen LogP contribution in [0, 0.1) is 11.8 Å². The molecule has 0 aliphatic carbocycles. The average molecular weight is 421 g/mol. The average Bonchev–Trinajstić information content (AvgIpc) is 3.42. The standard InChI is InChI=1S/C22H36N4O4/c1-5-13(3)17-20(28)24-18(14(4)6-2)22(30)26-12-8-10-16(26)21(29)25-11-7-9-15(25)19(27)23-17/h13-18H,5-12H2,1-4H3,(H,23,27)(H,24,28). The first-order chi connectivity index (χ1) is 14.3. The number of carbonyl (C=O) groups excluding carboxylic acids is 4. The number of rotatable bonds is 4. The molecule has 3 rings (SSSR count). The Labute approximate surface area is 179 Å². The van der Waals surface area contributed by atoms with Crippen molar-refractivity contribution in [3.63, 3.8) is 0 Å². The molecule has 3 aliphatic rings. The lowest BCUT2D eigenvalue weighted by Gasteiger charge is -2.37. The number of nitrogens with zero attached hydrogens (tertiary/aromatic N) is 2. The van der Waals surface area contributed by atoms with Crippen molar-refractivity contribution in [3.05, 3.63) is 0 Å². The Morgan fingerprint density at radius 1 is 0.767 bits per heavy atom. The second kappa shape index (κ2) is 9.35. The van der Waals surface area contributed by atoms with Gasteiger partial charge in [0.15, 0.2) is 0 Å². The molecule has 2 N–H and O–H groups in total. The third-order valence-corrected chi connectivity index (χ3v) is 7.23. The number of fused-ring (bicyclic) bond motifs is 2. The van der Waals surface area contributed by atoms with Crippen molar-refractivity contribution in [2.24, 2.45) is 11.8 Å². The summed E-state index contributed by atoms with van der Waals surface area (Å²) >= 11 is 0. The highest BCUT2D eigenvalue weighted by Gasteiger charge is 2.46. The fraction of sp³-hybridized carbons (Fsp3) is 0.818. The summed E-state index contributed by atoms with van der Waals surface area (Å²) in [7, 11) is 0. The van der Waals surface area contributed by atoms with Crippen LogP contribution in [0.3, 0.4) is 0 Å². The predicted octanol–water partition coefficient (Wildman–Crippen LogP) is 1.04. The van der Waals surface area contributed by atoms with Crippen molar-refractivity contribution in [2.75, 3.05) is 13.1 Å². The molecule has 6 atom stereocenters. The smallest absolute Gasteiger partial charge is 0.246 e. The third kappa shape index (κ3) is 4.18. The maximum Gasteiger partial charge on any atom is 0.246 e. The lowest BCUT2D eigenvalue weighted by atomic mass is 9.94. The Morgan fingerprint density at radius 3 is 1.87 bits per heavy atom. The zero-order chi connectivity index (χ0) is 22.0. The van der Waals surface area contributed by atoms with E-state index in [1.807, 2.05) is 27.7 Å². The summed E-state index contributed by atoms with van der Waals surface area (Å²) in [6.45, 7) is 8.84. The molecule has 0 radical (unpaired) electrons. The maximum atomic E-state index is 13.5. The largest absolute Gasteiger partial charge is 0.342 e. The lowest BCUT2D eigenvalue weighted by Crippen LogP contribution is -2.62. The highest BCUT2D eigenvalue weighted by Crippen LogP contribution is 2.27. The Kier molecular flexibility index (Phi) is 7.03. The molecule has 8 nitrogen and oxygen atoms in total. The Balaban J connectivity index is 2.01. The number of carbonyl (C=O) groups is 4. The van der Waals surface area contributed by atoms with Crippen molar-refractivity contribution in [2.45, 2.75) is 90.4 Å². The van der Waals surface area contributed by atoms with E-state index in [1.54, 1.807) is 9.80 Å². The molecule has 3 heterocycles. The van der Waals surface area contributed by atoms with Gasteiger partial charge in [0.2, 0.25) is 23.6 Å². The van der Waals surface area contributed by atoms with Gasteiger partial charge < -0.3 is 20.4 Å². The Hall–Kier alpha value is -2.12. The van der Waals surface area contributed by atoms with Crippen LogP contribution in [0.2, 0.25) is 0 Å². The summed E-state index contributed by atoms with van der Waals surface area (Å²) in [5.41, 5.74) is 0. The molecule has 30 heavy (non-hydrogen) atoms. The van der Waals surface area contributed by atoms with E-state index in [9.17, 15) is 19.2 Å². The summed E-state index contributed by atoms with van der Waals surface area (Å²) in [5.74, 6) is -1.06. The molecule has 0 bridgehead atoms. The zero-order valence-corrected chi connectivity index (χ0v) is 18.6. The van der Waals surface area contributed by atoms with E-state index in [1.165, 1.54) is 0 Å². The summed E-state index contributed by atoms with van der Waals surface area (Å²) in [6.07, 6.45) is 4.12. The topological polar surface area (TPSA) is 98.8 Å². The minimum absolute atomic E-state index is 0.0754. The first-order valence-corrected chi connectivity index (χ1v) is 11.5. The van der Waals surface area contributed by atoms with Crippen LogP contribution in [-0.2, 0) is 19.2 Å². The minimum Gasteiger partial charge on any atom is -0.342 e. The van der Waals surface area contributed by atoms with Crippen LogP contribution in [0.1, 0.15) is 66.2 Å². The summed E-state index contributed by atoms with van der Waals surface area (Å²) in [5, 5.41) is 5.85. The molecule has 0 spiro atoms. The van der Waals surface area contributed by atoms with Gasteiger partial charge in [-0.3, -0.25) is 19.2 Å². The second-order valence-corrected chi connectivity index (χ2v) is 9.12. The molecule has 0 aromatic carbocycles. The zero-order valence-electron chi connectivity index (χ0n) is 18.6. The normalized spacial score (nSPS) is 32.5. The summed E-state index contributed by atoms with van der Waals surface area (Å²) in [4.78, 5) is 56.5. The summed E-state index contributed by atoms with van der Waals surface area (Å²) < 4.78 is 0. The van der Waals surface area contributed by atoms with Crippen molar-refractivity contribution in [1.82, 2.24) is 20.4 Å². The van der Waals surface area contributed by atoms with E-state index < -0.39 is 24.2 Å². The number of nitrogens with one attached hydrogen (secondary N) is 2. The third-order valence-electron chi connectivity index (χ3n) is 7.23. The lowest BCUT2D eigenvalue weighted by molar-refractivity contribution is -0.150. The van der Waals surface area contributed by atoms with Gasteiger partial charge in [-0.05, 0) is 37.5 Å². The molecule has 3 aliphatic heterocycles. The number of hydrogen-bond donors (Lipinski definition) is 2. The van der Waals surface area contributed by atoms with Crippen LogP contribution in [0.25, 0.3) is 0 Å². The molecule has 8 heteroatoms.